The highest BCUT2D eigenvalue weighted by Gasteiger charge is 2.12. The topological polar surface area (TPSA) is 63.5 Å². The van der Waals surface area contributed by atoms with E-state index in [0.717, 1.165) is 35.9 Å². The monoisotopic (exact) mass is 519 g/mol. The summed E-state index contributed by atoms with van der Waals surface area (Å²) in [4.78, 5) is 4.71. The fourth-order valence-corrected chi connectivity index (χ4v) is 2.93. The predicted octanol–water partition coefficient (Wildman–Crippen LogP) is 4.22. The van der Waals surface area contributed by atoms with E-state index < -0.39 is 0 Å². The molecule has 1 unspecified atom stereocenters. The van der Waals surface area contributed by atoms with Crippen LogP contribution in [-0.2, 0) is 13.6 Å². The Kier molecular flexibility index (Phi) is 10.7. The van der Waals surface area contributed by atoms with Crippen LogP contribution in [0.1, 0.15) is 37.2 Å². The molecule has 2 N–H and O–H groups in total. The van der Waals surface area contributed by atoms with Gasteiger partial charge in [-0.2, -0.15) is 5.10 Å². The van der Waals surface area contributed by atoms with Gasteiger partial charge in [-0.3, -0.25) is 4.68 Å². The number of halogens is 2. The molecule has 0 fully saturated rings. The summed E-state index contributed by atoms with van der Waals surface area (Å²) in [7, 11) is 1.96. The molecule has 0 radical (unpaired) electrons. The van der Waals surface area contributed by atoms with E-state index in [2.05, 4.69) is 36.5 Å². The summed E-state index contributed by atoms with van der Waals surface area (Å²) < 4.78 is 7.93. The van der Waals surface area contributed by atoms with Crippen molar-refractivity contribution in [2.24, 2.45) is 12.0 Å². The average molecular weight is 520 g/mol. The second-order valence-electron chi connectivity index (χ2n) is 6.43. The number of aryl methyl sites for hydroxylation is 2. The molecule has 156 valence electrons. The number of guanidine groups is 1. The Labute approximate surface area is 190 Å². The molecule has 1 aromatic heterocycles. The number of ether oxygens (including phenoxy) is 1. The largest absolute Gasteiger partial charge is 0.487 e. The van der Waals surface area contributed by atoms with Crippen LogP contribution in [0, 0.1) is 13.8 Å². The number of nitrogens with zero attached hydrogens (tertiary/aromatic N) is 3. The van der Waals surface area contributed by atoms with Gasteiger partial charge < -0.3 is 15.4 Å². The van der Waals surface area contributed by atoms with Crippen molar-refractivity contribution >= 4 is 41.5 Å². The molecule has 0 spiro atoms. The predicted molar refractivity (Wildman–Crippen MR) is 127 cm³/mol. The summed E-state index contributed by atoms with van der Waals surface area (Å²) in [5.41, 5.74) is 3.32. The van der Waals surface area contributed by atoms with E-state index in [1.54, 1.807) is 0 Å². The van der Waals surface area contributed by atoms with Gasteiger partial charge in [0.2, 0.25) is 0 Å². The van der Waals surface area contributed by atoms with E-state index in [-0.39, 0.29) is 30.1 Å². The van der Waals surface area contributed by atoms with Gasteiger partial charge in [-0.15, -0.1) is 24.0 Å². The first-order chi connectivity index (χ1) is 13.0. The molecule has 0 aliphatic heterocycles. The van der Waals surface area contributed by atoms with Gasteiger partial charge in [0.25, 0.3) is 0 Å². The van der Waals surface area contributed by atoms with Gasteiger partial charge in [0.05, 0.1) is 23.8 Å². The molecule has 1 heterocycles. The summed E-state index contributed by atoms with van der Waals surface area (Å²) in [5.74, 6) is 1.47. The fourth-order valence-electron chi connectivity index (χ4n) is 2.75. The summed E-state index contributed by atoms with van der Waals surface area (Å²) >= 11 is 6.20. The van der Waals surface area contributed by atoms with Gasteiger partial charge in [-0.25, -0.2) is 4.99 Å². The van der Waals surface area contributed by atoms with Crippen LogP contribution in [0.25, 0.3) is 0 Å². The van der Waals surface area contributed by atoms with Gasteiger partial charge in [-0.05, 0) is 39.3 Å². The standard InChI is InChI=1S/C20H30ClN5O.HI/c1-6-16(27-19-11-9-8-10-18(19)21)12-23-20(22-7-2)24-13-17-14(3)25-26(5)15(17)4;/h8-11,16H,6-7,12-13H2,1-5H3,(H2,22,23,24);1H. The number of para-hydroxylation sites is 1. The van der Waals surface area contributed by atoms with Crippen LogP contribution in [0.4, 0.5) is 0 Å². The van der Waals surface area contributed by atoms with Crippen molar-refractivity contribution in [3.8, 4) is 5.75 Å². The second kappa shape index (κ2) is 12.2. The Morgan fingerprint density at radius 3 is 2.54 bits per heavy atom. The van der Waals surface area contributed by atoms with Crippen molar-refractivity contribution in [1.82, 2.24) is 20.4 Å². The first-order valence-corrected chi connectivity index (χ1v) is 9.76. The molecule has 1 aromatic carbocycles. The SMILES string of the molecule is CCNC(=NCc1c(C)nn(C)c1C)NCC(CC)Oc1ccccc1Cl.I. The Balaban J connectivity index is 0.00000392. The molecular weight excluding hydrogens is 489 g/mol. The zero-order chi connectivity index (χ0) is 19.8. The lowest BCUT2D eigenvalue weighted by Crippen LogP contribution is -2.42. The van der Waals surface area contributed by atoms with Crippen molar-refractivity contribution in [3.63, 3.8) is 0 Å². The van der Waals surface area contributed by atoms with E-state index >= 15 is 0 Å². The van der Waals surface area contributed by atoms with Gasteiger partial charge >= 0.3 is 0 Å². The fraction of sp³-hybridized carbons (Fsp3) is 0.500. The number of nitrogens with one attached hydrogen (secondary N) is 2. The van der Waals surface area contributed by atoms with Crippen molar-refractivity contribution in [2.75, 3.05) is 13.1 Å². The lowest BCUT2D eigenvalue weighted by atomic mass is 10.2. The van der Waals surface area contributed by atoms with E-state index in [0.29, 0.717) is 23.9 Å². The molecule has 1 atom stereocenters. The highest BCUT2D eigenvalue weighted by molar-refractivity contribution is 14.0. The van der Waals surface area contributed by atoms with Crippen LogP contribution in [0.15, 0.2) is 29.3 Å². The normalized spacial score (nSPS) is 12.3. The zero-order valence-electron chi connectivity index (χ0n) is 17.3. The van der Waals surface area contributed by atoms with Crippen LogP contribution in [-0.4, -0.2) is 34.9 Å². The van der Waals surface area contributed by atoms with Gasteiger partial charge in [0.15, 0.2) is 5.96 Å². The van der Waals surface area contributed by atoms with Crippen molar-refractivity contribution < 1.29 is 4.74 Å². The minimum Gasteiger partial charge on any atom is -0.487 e. The van der Waals surface area contributed by atoms with Crippen LogP contribution < -0.4 is 15.4 Å². The first-order valence-electron chi connectivity index (χ1n) is 9.38. The highest BCUT2D eigenvalue weighted by atomic mass is 127. The molecule has 0 aliphatic rings. The van der Waals surface area contributed by atoms with Gasteiger partial charge in [0.1, 0.15) is 11.9 Å². The molecular formula is C20H31ClIN5O. The van der Waals surface area contributed by atoms with Crippen LogP contribution in [0.3, 0.4) is 0 Å². The zero-order valence-corrected chi connectivity index (χ0v) is 20.3. The molecule has 28 heavy (non-hydrogen) atoms. The Morgan fingerprint density at radius 1 is 1.25 bits per heavy atom. The molecule has 2 rings (SSSR count). The van der Waals surface area contributed by atoms with Crippen molar-refractivity contribution in [3.05, 3.63) is 46.2 Å². The summed E-state index contributed by atoms with van der Waals surface area (Å²) in [6.07, 6.45) is 0.856. The van der Waals surface area contributed by atoms with E-state index in [1.165, 1.54) is 0 Å². The number of benzene rings is 1. The lowest BCUT2D eigenvalue weighted by molar-refractivity contribution is 0.199. The number of hydrogen-bond acceptors (Lipinski definition) is 3. The molecule has 0 saturated heterocycles. The molecule has 0 bridgehead atoms. The number of aliphatic imine (C=N–C) groups is 1. The Hall–Kier alpha value is -1.48. The van der Waals surface area contributed by atoms with Crippen LogP contribution in [0.2, 0.25) is 5.02 Å². The second-order valence-corrected chi connectivity index (χ2v) is 6.83. The lowest BCUT2D eigenvalue weighted by Gasteiger charge is -2.20. The van der Waals surface area contributed by atoms with Crippen molar-refractivity contribution in [1.29, 1.82) is 0 Å². The smallest absolute Gasteiger partial charge is 0.191 e. The summed E-state index contributed by atoms with van der Waals surface area (Å²) in [5, 5.41) is 11.7. The van der Waals surface area contributed by atoms with E-state index in [1.807, 2.05) is 42.9 Å². The van der Waals surface area contributed by atoms with Crippen LogP contribution >= 0.6 is 35.6 Å². The summed E-state index contributed by atoms with van der Waals surface area (Å²) in [6, 6.07) is 7.54. The highest BCUT2D eigenvalue weighted by Crippen LogP contribution is 2.24. The quantitative estimate of drug-likeness (QED) is 0.311. The first kappa shape index (κ1) is 24.6. The molecule has 2 aromatic rings. The third kappa shape index (κ3) is 6.84. The summed E-state index contributed by atoms with van der Waals surface area (Å²) in [6.45, 7) is 10.2. The minimum absolute atomic E-state index is 0. The molecule has 0 aliphatic carbocycles. The van der Waals surface area contributed by atoms with Crippen molar-refractivity contribution in [2.45, 2.75) is 46.8 Å². The Morgan fingerprint density at radius 2 is 1.96 bits per heavy atom. The third-order valence-electron chi connectivity index (χ3n) is 4.48. The van der Waals surface area contributed by atoms with Gasteiger partial charge in [0, 0.05) is 24.8 Å². The molecule has 6 nitrogen and oxygen atoms in total. The maximum atomic E-state index is 6.20. The number of rotatable bonds is 8. The Bertz CT molecular complexity index is 778. The van der Waals surface area contributed by atoms with E-state index in [9.17, 15) is 0 Å². The molecule has 0 amide bonds. The van der Waals surface area contributed by atoms with Crippen LogP contribution in [0.5, 0.6) is 5.75 Å². The maximum Gasteiger partial charge on any atom is 0.191 e. The third-order valence-corrected chi connectivity index (χ3v) is 4.79. The molecule has 0 saturated carbocycles. The average Bonchev–Trinajstić information content (AvgIpc) is 2.89. The number of aromatic nitrogens is 2. The minimum atomic E-state index is -0.00406. The van der Waals surface area contributed by atoms with Gasteiger partial charge in [-0.1, -0.05) is 30.7 Å². The van der Waals surface area contributed by atoms with E-state index in [4.69, 9.17) is 21.3 Å². The molecule has 8 heteroatoms. The number of hydrogen-bond donors (Lipinski definition) is 2. The maximum absolute atomic E-state index is 6.20.